The number of amides is 2. The number of urea groups is 1. The molecule has 0 bridgehead atoms. The highest BCUT2D eigenvalue weighted by Crippen LogP contribution is 2.39. The highest BCUT2D eigenvalue weighted by Gasteiger charge is 2.33. The summed E-state index contributed by atoms with van der Waals surface area (Å²) in [6.07, 6.45) is 1.04. The minimum Gasteiger partial charge on any atom is -0.457 e. The van der Waals surface area contributed by atoms with Crippen LogP contribution in [0.3, 0.4) is 0 Å². The number of imidazole rings is 1. The Kier molecular flexibility index (Phi) is 10.2. The summed E-state index contributed by atoms with van der Waals surface area (Å²) in [5.41, 5.74) is 4.20. The molecule has 0 radical (unpaired) electrons. The minimum absolute atomic E-state index is 0.0271. The number of halogens is 2. The Morgan fingerprint density at radius 3 is 2.22 bits per heavy atom. The van der Waals surface area contributed by atoms with Crippen LogP contribution in [0.5, 0.6) is 11.5 Å². The van der Waals surface area contributed by atoms with Gasteiger partial charge in [-0.1, -0.05) is 89.9 Å². The van der Waals surface area contributed by atoms with E-state index in [1.54, 1.807) is 35.2 Å². The monoisotopic (exact) mass is 658 g/mol. The van der Waals surface area contributed by atoms with Gasteiger partial charge in [-0.15, -0.1) is 0 Å². The van der Waals surface area contributed by atoms with Gasteiger partial charge in [0, 0.05) is 24.2 Å². The van der Waals surface area contributed by atoms with Crippen LogP contribution in [-0.4, -0.2) is 26.8 Å². The van der Waals surface area contributed by atoms with Gasteiger partial charge in [-0.2, -0.15) is 0 Å². The molecule has 3 unspecified atom stereocenters. The summed E-state index contributed by atoms with van der Waals surface area (Å²) < 4.78 is 20.4. The smallest absolute Gasteiger partial charge is 0.319 e. The van der Waals surface area contributed by atoms with E-state index < -0.39 is 6.29 Å². The number of aliphatic hydroxyl groups is 1. The van der Waals surface area contributed by atoms with Crippen LogP contribution in [0.2, 0.25) is 10.3 Å². The van der Waals surface area contributed by atoms with Crippen LogP contribution in [0.15, 0.2) is 109 Å². The van der Waals surface area contributed by atoms with Gasteiger partial charge in [-0.3, -0.25) is 0 Å². The van der Waals surface area contributed by atoms with Crippen LogP contribution in [-0.2, 0) is 29.2 Å². The van der Waals surface area contributed by atoms with Crippen molar-refractivity contribution in [1.29, 1.82) is 0 Å². The van der Waals surface area contributed by atoms with Crippen molar-refractivity contribution in [3.05, 3.63) is 142 Å². The molecule has 4 aromatic carbocycles. The number of ether oxygens (including phenoxy) is 3. The fourth-order valence-electron chi connectivity index (χ4n) is 5.10. The SMILES string of the molecule is O=C(NCc1ccc(C2OC(Cn3cnc(Cl)c3Cl)CC(c3ccc(CO)cc3)O2)cc1)Nc1ccc(Oc2ccccc2)cc1. The Bertz CT molecular complexity index is 1730. The van der Waals surface area contributed by atoms with Crippen LogP contribution in [0.1, 0.15) is 41.1 Å². The Hall–Kier alpha value is -4.38. The van der Waals surface area contributed by atoms with Crippen molar-refractivity contribution in [3.63, 3.8) is 0 Å². The van der Waals surface area contributed by atoms with E-state index in [0.29, 0.717) is 36.1 Å². The summed E-state index contributed by atoms with van der Waals surface area (Å²) in [6.45, 7) is 0.750. The van der Waals surface area contributed by atoms with Crippen LogP contribution in [0.4, 0.5) is 10.5 Å². The maximum atomic E-state index is 12.6. The molecular weight excluding hydrogens is 627 g/mol. The number of anilines is 1. The van der Waals surface area contributed by atoms with Gasteiger partial charge in [0.2, 0.25) is 0 Å². The number of nitrogens with zero attached hydrogens (tertiary/aromatic N) is 2. The topological polar surface area (TPSA) is 107 Å². The van der Waals surface area contributed by atoms with Gasteiger partial charge in [0.15, 0.2) is 11.4 Å². The molecule has 6 rings (SSSR count). The number of hydrogen-bond acceptors (Lipinski definition) is 6. The number of carbonyl (C=O) groups excluding carboxylic acids is 1. The number of nitrogens with one attached hydrogen (secondary N) is 2. The van der Waals surface area contributed by atoms with E-state index in [1.807, 2.05) is 78.9 Å². The Morgan fingerprint density at radius 2 is 1.54 bits per heavy atom. The second kappa shape index (κ2) is 14.8. The first-order valence-electron chi connectivity index (χ1n) is 14.8. The van der Waals surface area contributed by atoms with Crippen molar-refractivity contribution in [2.45, 2.75) is 44.6 Å². The van der Waals surface area contributed by atoms with Gasteiger partial charge in [-0.25, -0.2) is 9.78 Å². The molecule has 236 valence electrons. The molecule has 1 aromatic heterocycles. The van der Waals surface area contributed by atoms with Crippen molar-refractivity contribution in [2.24, 2.45) is 0 Å². The standard InChI is InChI=1S/C35H32Cl2N4O5/c36-32-33(37)41(22-39-32)20-30-18-31(25-10-8-24(21-42)9-11-25)46-34(45-30)26-12-6-23(7-13-26)19-38-35(43)40-27-14-16-29(17-15-27)44-28-4-2-1-3-5-28/h1-17,22,30-31,34,42H,18-21H2,(H2,38,40,43). The molecule has 2 amide bonds. The van der Waals surface area contributed by atoms with Crippen molar-refractivity contribution < 1.29 is 24.1 Å². The third-order valence-corrected chi connectivity index (χ3v) is 8.31. The minimum atomic E-state index is -0.641. The van der Waals surface area contributed by atoms with Crippen molar-refractivity contribution in [1.82, 2.24) is 14.9 Å². The predicted octanol–water partition coefficient (Wildman–Crippen LogP) is 8.04. The average Bonchev–Trinajstić information content (AvgIpc) is 3.41. The van der Waals surface area contributed by atoms with E-state index >= 15 is 0 Å². The molecule has 3 atom stereocenters. The van der Waals surface area contributed by atoms with E-state index in [0.717, 1.165) is 28.0 Å². The van der Waals surface area contributed by atoms with Crippen LogP contribution >= 0.6 is 23.2 Å². The second-order valence-electron chi connectivity index (χ2n) is 10.8. The molecule has 0 saturated carbocycles. The highest BCUT2D eigenvalue weighted by atomic mass is 35.5. The van der Waals surface area contributed by atoms with Crippen molar-refractivity contribution in [3.8, 4) is 11.5 Å². The lowest BCUT2D eigenvalue weighted by Gasteiger charge is -2.36. The first-order valence-corrected chi connectivity index (χ1v) is 15.5. The quantitative estimate of drug-likeness (QED) is 0.140. The van der Waals surface area contributed by atoms with Crippen molar-refractivity contribution >= 4 is 34.9 Å². The first kappa shape index (κ1) is 31.6. The van der Waals surface area contributed by atoms with Crippen LogP contribution < -0.4 is 15.4 Å². The zero-order valence-corrected chi connectivity index (χ0v) is 26.2. The Balaban J connectivity index is 1.06. The summed E-state index contributed by atoms with van der Waals surface area (Å²) >= 11 is 12.4. The number of rotatable bonds is 10. The van der Waals surface area contributed by atoms with E-state index in [4.69, 9.17) is 37.4 Å². The van der Waals surface area contributed by atoms with Crippen LogP contribution in [0, 0.1) is 0 Å². The molecule has 46 heavy (non-hydrogen) atoms. The summed E-state index contributed by atoms with van der Waals surface area (Å²) in [7, 11) is 0. The number of hydrogen-bond donors (Lipinski definition) is 3. The van der Waals surface area contributed by atoms with Gasteiger partial charge in [-0.05, 0) is 53.1 Å². The molecule has 11 heteroatoms. The number of para-hydroxylation sites is 1. The lowest BCUT2D eigenvalue weighted by atomic mass is 10.00. The molecule has 3 N–H and O–H groups in total. The first-order chi connectivity index (χ1) is 22.4. The van der Waals surface area contributed by atoms with E-state index in [1.165, 1.54) is 0 Å². The maximum Gasteiger partial charge on any atom is 0.319 e. The normalized spacial score (nSPS) is 17.8. The van der Waals surface area contributed by atoms with E-state index in [-0.39, 0.29) is 30.0 Å². The molecule has 1 aliphatic heterocycles. The summed E-state index contributed by atoms with van der Waals surface area (Å²) in [6, 6.07) is 31.8. The zero-order chi connectivity index (χ0) is 31.9. The van der Waals surface area contributed by atoms with Gasteiger partial charge in [0.1, 0.15) is 16.7 Å². The molecule has 0 spiro atoms. The molecular formula is C35H32Cl2N4O5. The van der Waals surface area contributed by atoms with E-state index in [9.17, 15) is 9.90 Å². The second-order valence-corrected chi connectivity index (χ2v) is 11.5. The van der Waals surface area contributed by atoms with Gasteiger partial charge < -0.3 is 34.5 Å². The average molecular weight is 660 g/mol. The summed E-state index contributed by atoms with van der Waals surface area (Å²) in [5.74, 6) is 1.42. The zero-order valence-electron chi connectivity index (χ0n) is 24.7. The third-order valence-electron chi connectivity index (χ3n) is 7.54. The summed E-state index contributed by atoms with van der Waals surface area (Å²) in [4.78, 5) is 16.6. The van der Waals surface area contributed by atoms with Gasteiger partial charge >= 0.3 is 6.03 Å². The van der Waals surface area contributed by atoms with Crippen LogP contribution in [0.25, 0.3) is 0 Å². The molecule has 1 aliphatic rings. The fraction of sp³-hybridized carbons (Fsp3) is 0.200. The highest BCUT2D eigenvalue weighted by molar-refractivity contribution is 6.40. The van der Waals surface area contributed by atoms with E-state index in [2.05, 4.69) is 15.6 Å². The fourth-order valence-corrected chi connectivity index (χ4v) is 5.42. The van der Waals surface area contributed by atoms with Gasteiger partial charge in [0.05, 0.1) is 31.7 Å². The number of aliphatic hydroxyl groups excluding tert-OH is 1. The Labute approximate surface area is 276 Å². The molecule has 1 saturated heterocycles. The van der Waals surface area contributed by atoms with Crippen molar-refractivity contribution in [2.75, 3.05) is 5.32 Å². The molecule has 9 nitrogen and oxygen atoms in total. The molecule has 5 aromatic rings. The molecule has 1 fully saturated rings. The number of benzene rings is 4. The lowest BCUT2D eigenvalue weighted by molar-refractivity contribution is -0.252. The Morgan fingerprint density at radius 1 is 0.870 bits per heavy atom. The molecule has 2 heterocycles. The van der Waals surface area contributed by atoms with Gasteiger partial charge in [0.25, 0.3) is 0 Å². The summed E-state index contributed by atoms with van der Waals surface area (Å²) in [5, 5.41) is 15.8. The maximum absolute atomic E-state index is 12.6. The predicted molar refractivity (Wildman–Crippen MR) is 176 cm³/mol. The third kappa shape index (κ3) is 8.06. The lowest BCUT2D eigenvalue weighted by Crippen LogP contribution is -2.32. The molecule has 0 aliphatic carbocycles. The largest absolute Gasteiger partial charge is 0.457 e. The number of aromatic nitrogens is 2. The number of carbonyl (C=O) groups is 1.